The van der Waals surface area contributed by atoms with Gasteiger partial charge < -0.3 is 15.0 Å². The molecule has 2 aromatic carbocycles. The minimum Gasteiger partial charge on any atom is -0.436 e. The molecule has 0 spiro atoms. The fraction of sp³-hybridized carbons (Fsp3) is 0.0769. The normalized spacial score (nSPS) is 11.0. The second-order valence-corrected chi connectivity index (χ2v) is 8.22. The number of nitrogens with two attached hydrogens (primary N) is 1. The summed E-state index contributed by atoms with van der Waals surface area (Å²) in [7, 11) is 1.73. The predicted molar refractivity (Wildman–Crippen MR) is 135 cm³/mol. The summed E-state index contributed by atoms with van der Waals surface area (Å²) in [5.41, 5.74) is 8.74. The summed E-state index contributed by atoms with van der Waals surface area (Å²) < 4.78 is 23.0. The highest BCUT2D eigenvalue weighted by Crippen LogP contribution is 2.44. The van der Waals surface area contributed by atoms with Crippen molar-refractivity contribution in [1.82, 2.24) is 19.5 Å². The highest BCUT2D eigenvalue weighted by atomic mass is 19.1. The summed E-state index contributed by atoms with van der Waals surface area (Å²) in [5, 5.41) is 11.6. The standard InChI is InChI=1S/C26H19FN6O4/c1-14-4-3-5-20(31-14)37-19-11-10-17(18(12-34)23(19)27)21-22-25(28)29-13-30-26(22)32(2)24(21)15-6-8-16(9-7-15)33(35)36/h3-13H,1-2H3,(H2,28,29,30). The van der Waals surface area contributed by atoms with E-state index in [9.17, 15) is 14.9 Å². The molecular weight excluding hydrogens is 479 g/mol. The van der Waals surface area contributed by atoms with Crippen molar-refractivity contribution in [3.8, 4) is 34.0 Å². The Kier molecular flexibility index (Phi) is 5.80. The van der Waals surface area contributed by atoms with Crippen molar-refractivity contribution in [1.29, 1.82) is 0 Å². The molecule has 184 valence electrons. The molecule has 0 radical (unpaired) electrons. The number of benzene rings is 2. The van der Waals surface area contributed by atoms with Crippen molar-refractivity contribution in [2.45, 2.75) is 6.92 Å². The van der Waals surface area contributed by atoms with E-state index in [1.807, 2.05) is 0 Å². The number of non-ortho nitro benzene ring substituents is 1. The molecule has 0 unspecified atom stereocenters. The number of aryl methyl sites for hydroxylation is 2. The second-order valence-electron chi connectivity index (χ2n) is 8.22. The van der Waals surface area contributed by atoms with E-state index >= 15 is 4.39 Å². The average molecular weight is 498 g/mol. The van der Waals surface area contributed by atoms with E-state index in [0.29, 0.717) is 39.8 Å². The number of hydrogen-bond donors (Lipinski definition) is 1. The van der Waals surface area contributed by atoms with Crippen molar-refractivity contribution in [2.24, 2.45) is 7.05 Å². The third-order valence-electron chi connectivity index (χ3n) is 5.96. The van der Waals surface area contributed by atoms with E-state index in [1.165, 1.54) is 24.5 Å². The Morgan fingerprint density at radius 3 is 2.54 bits per heavy atom. The molecule has 2 N–H and O–H groups in total. The Balaban J connectivity index is 1.76. The predicted octanol–water partition coefficient (Wildman–Crippen LogP) is 5.24. The van der Waals surface area contributed by atoms with Gasteiger partial charge in [-0.2, -0.15) is 0 Å². The number of nitro benzene ring substituents is 1. The Labute approximate surface area is 209 Å². The van der Waals surface area contributed by atoms with Crippen LogP contribution in [0.25, 0.3) is 33.4 Å². The molecule has 5 aromatic rings. The first-order valence-electron chi connectivity index (χ1n) is 11.0. The number of fused-ring (bicyclic) bond motifs is 1. The Morgan fingerprint density at radius 1 is 1.11 bits per heavy atom. The number of aromatic nitrogens is 4. The zero-order chi connectivity index (χ0) is 26.3. The zero-order valence-corrected chi connectivity index (χ0v) is 19.7. The summed E-state index contributed by atoms with van der Waals surface area (Å²) in [6.07, 6.45) is 1.70. The van der Waals surface area contributed by atoms with E-state index in [4.69, 9.17) is 10.5 Å². The van der Waals surface area contributed by atoms with Crippen LogP contribution >= 0.6 is 0 Å². The minimum absolute atomic E-state index is 0.0887. The van der Waals surface area contributed by atoms with Gasteiger partial charge in [0, 0.05) is 36.5 Å². The molecule has 0 saturated heterocycles. The van der Waals surface area contributed by atoms with Crippen molar-refractivity contribution < 1.29 is 18.8 Å². The third-order valence-corrected chi connectivity index (χ3v) is 5.96. The van der Waals surface area contributed by atoms with Crippen LogP contribution in [-0.4, -0.2) is 30.7 Å². The lowest BCUT2D eigenvalue weighted by Crippen LogP contribution is -2.00. The summed E-state index contributed by atoms with van der Waals surface area (Å²) in [6, 6.07) is 13.9. The number of nitrogen functional groups attached to an aromatic ring is 1. The lowest BCUT2D eigenvalue weighted by molar-refractivity contribution is -0.384. The number of nitro groups is 1. The second kappa shape index (κ2) is 9.11. The molecule has 0 bridgehead atoms. The smallest absolute Gasteiger partial charge is 0.269 e. The van der Waals surface area contributed by atoms with Crippen LogP contribution in [0.5, 0.6) is 11.6 Å². The van der Waals surface area contributed by atoms with Crippen molar-refractivity contribution in [2.75, 3.05) is 5.73 Å². The third kappa shape index (κ3) is 4.01. The monoisotopic (exact) mass is 498 g/mol. The van der Waals surface area contributed by atoms with Crippen molar-refractivity contribution >= 4 is 28.8 Å². The Hall–Kier alpha value is -5.19. The molecule has 0 fully saturated rings. The highest BCUT2D eigenvalue weighted by Gasteiger charge is 2.26. The van der Waals surface area contributed by atoms with Gasteiger partial charge in [-0.05, 0) is 48.4 Å². The largest absolute Gasteiger partial charge is 0.436 e. The maximum Gasteiger partial charge on any atom is 0.269 e. The lowest BCUT2D eigenvalue weighted by atomic mass is 9.94. The van der Waals surface area contributed by atoms with Crippen molar-refractivity contribution in [3.63, 3.8) is 0 Å². The highest BCUT2D eigenvalue weighted by molar-refractivity contribution is 6.10. The Morgan fingerprint density at radius 2 is 1.86 bits per heavy atom. The summed E-state index contributed by atoms with van der Waals surface area (Å²) in [4.78, 5) is 35.5. The lowest BCUT2D eigenvalue weighted by Gasteiger charge is -2.13. The molecule has 3 heterocycles. The number of aldehydes is 1. The number of nitrogens with zero attached hydrogens (tertiary/aromatic N) is 5. The molecule has 0 aliphatic rings. The summed E-state index contributed by atoms with van der Waals surface area (Å²) >= 11 is 0. The maximum atomic E-state index is 15.7. The van der Waals surface area contributed by atoms with Gasteiger partial charge in [0.2, 0.25) is 5.88 Å². The molecule has 37 heavy (non-hydrogen) atoms. The zero-order valence-electron chi connectivity index (χ0n) is 19.7. The number of carbonyl (C=O) groups excluding carboxylic acids is 1. The molecule has 5 rings (SSSR count). The topological polar surface area (TPSA) is 139 Å². The molecular formula is C26H19FN6O4. The van der Waals surface area contributed by atoms with E-state index in [2.05, 4.69) is 15.0 Å². The van der Waals surface area contributed by atoms with Crippen molar-refractivity contribution in [3.05, 3.63) is 88.1 Å². The van der Waals surface area contributed by atoms with Crippen LogP contribution in [0.4, 0.5) is 15.9 Å². The van der Waals surface area contributed by atoms with Crippen LogP contribution in [-0.2, 0) is 7.05 Å². The average Bonchev–Trinajstić information content (AvgIpc) is 3.18. The van der Waals surface area contributed by atoms with Gasteiger partial charge in [0.05, 0.1) is 21.6 Å². The molecule has 10 nitrogen and oxygen atoms in total. The molecule has 0 aliphatic carbocycles. The number of rotatable bonds is 6. The van der Waals surface area contributed by atoms with Gasteiger partial charge in [-0.15, -0.1) is 0 Å². The fourth-order valence-corrected chi connectivity index (χ4v) is 4.29. The molecule has 0 atom stereocenters. The van der Waals surface area contributed by atoms with Crippen LogP contribution in [0.15, 0.2) is 60.9 Å². The van der Waals surface area contributed by atoms with Gasteiger partial charge >= 0.3 is 0 Å². The summed E-state index contributed by atoms with van der Waals surface area (Å²) in [6.45, 7) is 1.77. The van der Waals surface area contributed by atoms with Gasteiger partial charge in [0.25, 0.3) is 5.69 Å². The SMILES string of the molecule is Cc1cccc(Oc2ccc(-c3c(-c4ccc([N+](=O)[O-])cc4)n(C)c4ncnc(N)c34)c(C=O)c2F)n1. The molecule has 3 aromatic heterocycles. The van der Waals surface area contributed by atoms with Gasteiger partial charge in [-0.3, -0.25) is 14.9 Å². The van der Waals surface area contributed by atoms with Gasteiger partial charge in [0.15, 0.2) is 17.9 Å². The van der Waals surface area contributed by atoms with E-state index < -0.39 is 10.7 Å². The first-order valence-corrected chi connectivity index (χ1v) is 11.0. The Bertz CT molecular complexity index is 1700. The maximum absolute atomic E-state index is 15.7. The van der Waals surface area contributed by atoms with E-state index in [0.717, 1.165) is 0 Å². The fourth-order valence-electron chi connectivity index (χ4n) is 4.29. The minimum atomic E-state index is -0.877. The van der Waals surface area contributed by atoms with Crippen LogP contribution < -0.4 is 10.5 Å². The van der Waals surface area contributed by atoms with E-state index in [-0.39, 0.29) is 34.3 Å². The number of halogens is 1. The first-order chi connectivity index (χ1) is 17.8. The van der Waals surface area contributed by atoms with Crippen LogP contribution in [0, 0.1) is 22.9 Å². The number of pyridine rings is 1. The van der Waals surface area contributed by atoms with Gasteiger partial charge in [-0.25, -0.2) is 19.3 Å². The van der Waals surface area contributed by atoms with Crippen LogP contribution in [0.1, 0.15) is 16.1 Å². The van der Waals surface area contributed by atoms with E-state index in [1.54, 1.807) is 54.9 Å². The van der Waals surface area contributed by atoms with Gasteiger partial charge in [0.1, 0.15) is 17.8 Å². The number of anilines is 1. The summed E-state index contributed by atoms with van der Waals surface area (Å²) in [5.74, 6) is -0.744. The number of hydrogen-bond acceptors (Lipinski definition) is 8. The quantitative estimate of drug-likeness (QED) is 0.190. The molecule has 0 amide bonds. The molecule has 11 heteroatoms. The first kappa shape index (κ1) is 23.5. The number of ether oxygens (including phenoxy) is 1. The van der Waals surface area contributed by atoms with Crippen LogP contribution in [0.2, 0.25) is 0 Å². The molecule has 0 aliphatic heterocycles. The van der Waals surface area contributed by atoms with Gasteiger partial charge in [-0.1, -0.05) is 6.07 Å². The molecule has 0 saturated carbocycles. The number of carbonyl (C=O) groups is 1. The van der Waals surface area contributed by atoms with Crippen LogP contribution in [0.3, 0.4) is 0 Å².